The minimum absolute atomic E-state index is 0.0639. The van der Waals surface area contributed by atoms with Crippen LogP contribution in [-0.4, -0.2) is 79.2 Å². The first-order valence-corrected chi connectivity index (χ1v) is 19.8. The van der Waals surface area contributed by atoms with Crippen LogP contribution in [0.1, 0.15) is 118 Å². The van der Waals surface area contributed by atoms with Gasteiger partial charge in [0.1, 0.15) is 24.4 Å². The van der Waals surface area contributed by atoms with Gasteiger partial charge in [-0.25, -0.2) is 0 Å². The minimum Gasteiger partial charge on any atom is -0.392 e. The Morgan fingerprint density at radius 1 is 0.686 bits per heavy atom. The number of hydrogen-bond acceptors (Lipinski definition) is 9. The maximum absolute atomic E-state index is 14.1. The van der Waals surface area contributed by atoms with Crippen LogP contribution in [0.2, 0.25) is 0 Å². The molecule has 9 heteroatoms. The summed E-state index contributed by atoms with van der Waals surface area (Å²) in [5.41, 5.74) is -4.69. The van der Waals surface area contributed by atoms with E-state index in [1.807, 2.05) is 26.0 Å². The van der Waals surface area contributed by atoms with E-state index < -0.39 is 69.2 Å². The van der Waals surface area contributed by atoms with Gasteiger partial charge in [0.15, 0.2) is 23.1 Å². The lowest BCUT2D eigenvalue weighted by atomic mass is 9.30. The number of hydrogen-bond donors (Lipinski definition) is 5. The molecule has 0 bridgehead atoms. The smallest absolute Gasteiger partial charge is 0.190 e. The third-order valence-corrected chi connectivity index (χ3v) is 18.5. The molecule has 280 valence electrons. The Labute approximate surface area is 301 Å². The molecule has 0 amide bonds. The first kappa shape index (κ1) is 36.0. The molecule has 0 aromatic rings. The second kappa shape index (κ2) is 11.2. The normalized spacial score (nSPS) is 53.1. The van der Waals surface area contributed by atoms with Crippen LogP contribution < -0.4 is 0 Å². The van der Waals surface area contributed by atoms with E-state index in [1.54, 1.807) is 0 Å². The molecule has 8 rings (SSSR count). The molecule has 9 nitrogen and oxygen atoms in total. The molecule has 6 fully saturated rings. The predicted octanol–water partition coefficient (Wildman–Crippen LogP) is 4.20. The molecule has 0 aromatic heterocycles. The SMILES string of the molecule is C[C@]12CCC(=O)C=C1CC[C@H]1[C@@H]3CC[C@](O)(C(=O)CO)[C@@]3(C)C[C@H](O)[C@@]12C1CC(=O)C=C2CC[C@H]3[C@@H]4CC[C@](O)(C(=O)CO)[C@@]4(C)CC[C@@H]3[C@]21C. The van der Waals surface area contributed by atoms with Crippen LogP contribution in [0, 0.1) is 62.6 Å². The van der Waals surface area contributed by atoms with Crippen LogP contribution in [0.5, 0.6) is 0 Å². The van der Waals surface area contributed by atoms with Gasteiger partial charge in [-0.2, -0.15) is 0 Å². The molecule has 0 heterocycles. The molecule has 5 N–H and O–H groups in total. The maximum atomic E-state index is 14.1. The zero-order valence-electron chi connectivity index (χ0n) is 30.9. The van der Waals surface area contributed by atoms with Gasteiger partial charge in [0, 0.05) is 29.1 Å². The van der Waals surface area contributed by atoms with Crippen LogP contribution in [0.25, 0.3) is 0 Å². The maximum Gasteiger partial charge on any atom is 0.190 e. The molecule has 8 aliphatic carbocycles. The van der Waals surface area contributed by atoms with E-state index in [9.17, 15) is 44.7 Å². The van der Waals surface area contributed by atoms with E-state index >= 15 is 0 Å². The zero-order chi connectivity index (χ0) is 36.7. The molecule has 0 spiro atoms. The highest BCUT2D eigenvalue weighted by molar-refractivity contribution is 5.93. The van der Waals surface area contributed by atoms with Gasteiger partial charge in [0.25, 0.3) is 0 Å². The van der Waals surface area contributed by atoms with Gasteiger partial charge < -0.3 is 25.5 Å². The molecular weight excluding hydrogens is 648 g/mol. The Balaban J connectivity index is 1.30. The summed E-state index contributed by atoms with van der Waals surface area (Å²) in [4.78, 5) is 53.5. The molecule has 0 radical (unpaired) electrons. The molecule has 8 aliphatic rings. The number of Topliss-reactive ketones (excluding diaryl/α,β-unsaturated/α-hetero) is 2. The van der Waals surface area contributed by atoms with Crippen molar-refractivity contribution in [2.24, 2.45) is 62.6 Å². The lowest BCUT2D eigenvalue weighted by Gasteiger charge is -2.74. The summed E-state index contributed by atoms with van der Waals surface area (Å²) >= 11 is 0. The second-order valence-electron chi connectivity index (χ2n) is 19.3. The minimum atomic E-state index is -1.76. The van der Waals surface area contributed by atoms with Crippen LogP contribution >= 0.6 is 0 Å². The molecule has 51 heavy (non-hydrogen) atoms. The van der Waals surface area contributed by atoms with E-state index in [2.05, 4.69) is 13.8 Å². The Bertz CT molecular complexity index is 1650. The van der Waals surface area contributed by atoms with Gasteiger partial charge in [0.05, 0.1) is 6.10 Å². The van der Waals surface area contributed by atoms with Crippen molar-refractivity contribution in [2.45, 2.75) is 135 Å². The third kappa shape index (κ3) is 4.06. The quantitative estimate of drug-likeness (QED) is 0.281. The summed E-state index contributed by atoms with van der Waals surface area (Å²) in [6.07, 6.45) is 10.2. The van der Waals surface area contributed by atoms with Gasteiger partial charge in [-0.05, 0) is 136 Å². The highest BCUT2D eigenvalue weighted by Gasteiger charge is 2.78. The van der Waals surface area contributed by atoms with Crippen LogP contribution in [-0.2, 0) is 19.2 Å². The van der Waals surface area contributed by atoms with E-state index in [4.69, 9.17) is 0 Å². The largest absolute Gasteiger partial charge is 0.392 e. The van der Waals surface area contributed by atoms with Crippen molar-refractivity contribution in [1.29, 1.82) is 0 Å². The third-order valence-electron chi connectivity index (χ3n) is 18.5. The van der Waals surface area contributed by atoms with E-state index in [-0.39, 0.29) is 66.3 Å². The summed E-state index contributed by atoms with van der Waals surface area (Å²) in [5.74, 6) is -1.09. The van der Waals surface area contributed by atoms with Crippen molar-refractivity contribution < 1.29 is 44.7 Å². The fourth-order valence-electron chi connectivity index (χ4n) is 16.1. The standard InChI is InChI=1S/C42H58O9/c1-36-13-9-25(45)17-23(36)6-8-31-30-12-16-41(51,35(49)22-44)38(30,3)20-33(47)42(31,36)32-19-26(46)18-24-5-7-27-28-11-15-40(50,34(48)21-43)37(28,2)14-10-29(27)39(24,32)4/h17-18,27-33,43-44,47,50-51H,5-16,19-22H2,1-4H3/t27-,28-,29-,30-,31-,32?,33-,36-,37-,38-,39-,40-,41-,42-/m0/s1. The second-order valence-corrected chi connectivity index (χ2v) is 19.3. The molecule has 1 unspecified atom stereocenters. The molecule has 0 saturated heterocycles. The lowest BCUT2D eigenvalue weighted by Crippen LogP contribution is -2.72. The highest BCUT2D eigenvalue weighted by Crippen LogP contribution is 2.79. The van der Waals surface area contributed by atoms with E-state index in [0.29, 0.717) is 51.4 Å². The Morgan fingerprint density at radius 2 is 1.27 bits per heavy atom. The topological polar surface area (TPSA) is 169 Å². The zero-order valence-corrected chi connectivity index (χ0v) is 30.9. The van der Waals surface area contributed by atoms with Gasteiger partial charge in [-0.1, -0.05) is 38.8 Å². The molecule has 6 saturated carbocycles. The number of rotatable bonds is 5. The van der Waals surface area contributed by atoms with Crippen molar-refractivity contribution in [2.75, 3.05) is 13.2 Å². The Kier molecular flexibility index (Phi) is 7.93. The molecule has 0 aromatic carbocycles. The van der Waals surface area contributed by atoms with E-state index in [1.165, 1.54) is 0 Å². The molecule has 14 atom stereocenters. The predicted molar refractivity (Wildman–Crippen MR) is 187 cm³/mol. The Hall–Kier alpha value is -2.04. The van der Waals surface area contributed by atoms with Crippen molar-refractivity contribution in [3.8, 4) is 0 Å². The summed E-state index contributed by atoms with van der Waals surface area (Å²) in [6, 6.07) is 0. The summed E-state index contributed by atoms with van der Waals surface area (Å²) in [6.45, 7) is 7.08. The van der Waals surface area contributed by atoms with Crippen molar-refractivity contribution in [3.05, 3.63) is 23.3 Å². The number of fused-ring (bicyclic) bond motifs is 10. The van der Waals surface area contributed by atoms with Crippen LogP contribution in [0.15, 0.2) is 23.3 Å². The van der Waals surface area contributed by atoms with Gasteiger partial charge in [0.2, 0.25) is 0 Å². The van der Waals surface area contributed by atoms with Crippen molar-refractivity contribution in [3.63, 3.8) is 0 Å². The average molecular weight is 707 g/mol. The number of aliphatic hydroxyl groups excluding tert-OH is 3. The summed E-state index contributed by atoms with van der Waals surface area (Å²) in [5, 5.41) is 57.0. The fraction of sp³-hybridized carbons (Fsp3) is 0.810. The summed E-state index contributed by atoms with van der Waals surface area (Å²) < 4.78 is 0. The van der Waals surface area contributed by atoms with Crippen molar-refractivity contribution in [1.82, 2.24) is 0 Å². The fourth-order valence-corrected chi connectivity index (χ4v) is 16.1. The van der Waals surface area contributed by atoms with Crippen LogP contribution in [0.4, 0.5) is 0 Å². The Morgan fingerprint density at radius 3 is 1.94 bits per heavy atom. The number of ketones is 4. The molecule has 0 aliphatic heterocycles. The number of carbonyl (C=O) groups excluding carboxylic acids is 4. The lowest BCUT2D eigenvalue weighted by molar-refractivity contribution is -0.264. The first-order chi connectivity index (χ1) is 23.9. The van der Waals surface area contributed by atoms with Gasteiger partial charge >= 0.3 is 0 Å². The number of aliphatic hydroxyl groups is 5. The number of carbonyl (C=O) groups is 4. The van der Waals surface area contributed by atoms with Gasteiger partial charge in [-0.15, -0.1) is 0 Å². The monoisotopic (exact) mass is 706 g/mol. The number of allylic oxidation sites excluding steroid dienone is 2. The average Bonchev–Trinajstić information content (AvgIpc) is 3.53. The van der Waals surface area contributed by atoms with Crippen LogP contribution in [0.3, 0.4) is 0 Å². The first-order valence-electron chi connectivity index (χ1n) is 19.8. The van der Waals surface area contributed by atoms with Crippen molar-refractivity contribution >= 4 is 23.1 Å². The summed E-state index contributed by atoms with van der Waals surface area (Å²) in [7, 11) is 0. The van der Waals surface area contributed by atoms with Gasteiger partial charge in [-0.3, -0.25) is 19.2 Å². The van der Waals surface area contributed by atoms with E-state index in [0.717, 1.165) is 30.4 Å². The highest BCUT2D eigenvalue weighted by atomic mass is 16.3. The molecular formula is C42H58O9.